The predicted molar refractivity (Wildman–Crippen MR) is 127 cm³/mol. The van der Waals surface area contributed by atoms with Crippen LogP contribution in [0.2, 0.25) is 5.02 Å². The van der Waals surface area contributed by atoms with E-state index < -0.39 is 11.2 Å². The summed E-state index contributed by atoms with van der Waals surface area (Å²) < 4.78 is 6.80. The Morgan fingerprint density at radius 3 is 2.48 bits per heavy atom. The van der Waals surface area contributed by atoms with Gasteiger partial charge in [0, 0.05) is 22.6 Å². The number of hydrogen-bond acceptors (Lipinski definition) is 5. The van der Waals surface area contributed by atoms with Crippen LogP contribution in [-0.4, -0.2) is 28.4 Å². The third kappa shape index (κ3) is 4.63. The van der Waals surface area contributed by atoms with Crippen molar-refractivity contribution < 1.29 is 14.3 Å². The number of anilines is 1. The van der Waals surface area contributed by atoms with Gasteiger partial charge in [-0.1, -0.05) is 23.7 Å². The molecule has 0 saturated heterocycles. The van der Waals surface area contributed by atoms with E-state index in [9.17, 15) is 14.4 Å². The minimum absolute atomic E-state index is 0.0723. The zero-order chi connectivity index (χ0) is 23.5. The smallest absolute Gasteiger partial charge is 0.244 e. The van der Waals surface area contributed by atoms with Crippen LogP contribution in [0.25, 0.3) is 11.0 Å². The fourth-order valence-electron chi connectivity index (χ4n) is 3.51. The van der Waals surface area contributed by atoms with Gasteiger partial charge < -0.3 is 14.6 Å². The minimum atomic E-state index is -0.494. The molecule has 0 aliphatic rings. The summed E-state index contributed by atoms with van der Waals surface area (Å²) in [7, 11) is 1.46. The summed E-state index contributed by atoms with van der Waals surface area (Å²) in [5, 5.41) is 3.59. The SMILES string of the molecule is COc1ccccc1C(=O)c1cn(CC(=O)Nc2ccc(Cl)cc2)c2nc(C)ccc2c1=O. The van der Waals surface area contributed by atoms with Gasteiger partial charge in [-0.2, -0.15) is 0 Å². The molecule has 166 valence electrons. The van der Waals surface area contributed by atoms with E-state index in [0.717, 1.165) is 0 Å². The molecule has 0 aliphatic carbocycles. The first-order chi connectivity index (χ1) is 15.9. The summed E-state index contributed by atoms with van der Waals surface area (Å²) >= 11 is 5.90. The Kier molecular flexibility index (Phi) is 6.24. The first kappa shape index (κ1) is 22.2. The number of ether oxygens (including phenoxy) is 1. The maximum absolute atomic E-state index is 13.3. The highest BCUT2D eigenvalue weighted by Crippen LogP contribution is 2.21. The van der Waals surface area contributed by atoms with Crippen molar-refractivity contribution in [3.05, 3.63) is 98.9 Å². The molecule has 4 aromatic rings. The van der Waals surface area contributed by atoms with Crippen molar-refractivity contribution in [2.75, 3.05) is 12.4 Å². The van der Waals surface area contributed by atoms with Gasteiger partial charge in [-0.05, 0) is 55.5 Å². The molecule has 0 aliphatic heterocycles. The molecule has 1 amide bonds. The number of fused-ring (bicyclic) bond motifs is 1. The highest BCUT2D eigenvalue weighted by molar-refractivity contribution is 6.30. The monoisotopic (exact) mass is 461 g/mol. The van der Waals surface area contributed by atoms with Crippen molar-refractivity contribution >= 4 is 40.0 Å². The van der Waals surface area contributed by atoms with Gasteiger partial charge in [-0.3, -0.25) is 14.4 Å². The van der Waals surface area contributed by atoms with E-state index in [2.05, 4.69) is 10.3 Å². The first-order valence-corrected chi connectivity index (χ1v) is 10.5. The number of halogens is 1. The number of methoxy groups -OCH3 is 1. The molecule has 0 saturated carbocycles. The van der Waals surface area contributed by atoms with Gasteiger partial charge in [0.2, 0.25) is 17.1 Å². The fourth-order valence-corrected chi connectivity index (χ4v) is 3.63. The van der Waals surface area contributed by atoms with Gasteiger partial charge in [0.25, 0.3) is 0 Å². The van der Waals surface area contributed by atoms with Crippen molar-refractivity contribution in [2.45, 2.75) is 13.5 Å². The van der Waals surface area contributed by atoms with Crippen LogP contribution in [0.5, 0.6) is 5.75 Å². The summed E-state index contributed by atoms with van der Waals surface area (Å²) in [5.41, 5.74) is 1.30. The lowest BCUT2D eigenvalue weighted by atomic mass is 10.0. The second-order valence-corrected chi connectivity index (χ2v) is 7.84. The van der Waals surface area contributed by atoms with E-state index in [-0.39, 0.29) is 29.0 Å². The maximum atomic E-state index is 13.3. The molecule has 0 atom stereocenters. The molecular weight excluding hydrogens is 442 g/mol. The number of pyridine rings is 2. The van der Waals surface area contributed by atoms with Gasteiger partial charge >= 0.3 is 0 Å². The summed E-state index contributed by atoms with van der Waals surface area (Å²) in [6.45, 7) is 1.64. The number of benzene rings is 2. The predicted octanol–water partition coefficient (Wildman–Crippen LogP) is 4.24. The van der Waals surface area contributed by atoms with E-state index in [0.29, 0.717) is 27.8 Å². The van der Waals surface area contributed by atoms with Gasteiger partial charge in [-0.15, -0.1) is 0 Å². The van der Waals surface area contributed by atoms with Crippen molar-refractivity contribution in [1.82, 2.24) is 9.55 Å². The second kappa shape index (κ2) is 9.26. The molecule has 0 spiro atoms. The number of nitrogens with one attached hydrogen (secondary N) is 1. The van der Waals surface area contributed by atoms with Gasteiger partial charge in [0.05, 0.1) is 23.6 Å². The average molecular weight is 462 g/mol. The fraction of sp³-hybridized carbons (Fsp3) is 0.120. The van der Waals surface area contributed by atoms with Crippen LogP contribution in [0.1, 0.15) is 21.6 Å². The lowest BCUT2D eigenvalue weighted by Crippen LogP contribution is -2.25. The molecule has 2 aromatic carbocycles. The molecule has 2 heterocycles. The van der Waals surface area contributed by atoms with Gasteiger partial charge in [0.1, 0.15) is 17.9 Å². The zero-order valence-electron chi connectivity index (χ0n) is 18.0. The number of ketones is 1. The number of carbonyl (C=O) groups is 2. The molecule has 7 nitrogen and oxygen atoms in total. The van der Waals surface area contributed by atoms with E-state index in [1.54, 1.807) is 67.6 Å². The van der Waals surface area contributed by atoms with E-state index >= 15 is 0 Å². The van der Waals surface area contributed by atoms with Crippen LogP contribution >= 0.6 is 11.6 Å². The third-order valence-electron chi connectivity index (χ3n) is 5.10. The number of carbonyl (C=O) groups excluding carboxylic acids is 2. The van der Waals surface area contributed by atoms with E-state index in [1.807, 2.05) is 0 Å². The summed E-state index contributed by atoms with van der Waals surface area (Å²) in [6, 6.07) is 16.7. The lowest BCUT2D eigenvalue weighted by molar-refractivity contribution is -0.116. The Labute approximate surface area is 194 Å². The first-order valence-electron chi connectivity index (χ1n) is 10.1. The average Bonchev–Trinajstić information content (AvgIpc) is 2.81. The van der Waals surface area contributed by atoms with Crippen LogP contribution < -0.4 is 15.5 Å². The van der Waals surface area contributed by atoms with Crippen molar-refractivity contribution in [1.29, 1.82) is 0 Å². The zero-order valence-corrected chi connectivity index (χ0v) is 18.7. The minimum Gasteiger partial charge on any atom is -0.496 e. The maximum Gasteiger partial charge on any atom is 0.244 e. The number of amides is 1. The van der Waals surface area contributed by atoms with Crippen LogP contribution in [0.4, 0.5) is 5.69 Å². The Morgan fingerprint density at radius 2 is 1.76 bits per heavy atom. The third-order valence-corrected chi connectivity index (χ3v) is 5.35. The molecule has 2 aromatic heterocycles. The van der Waals surface area contributed by atoms with E-state index in [1.165, 1.54) is 17.9 Å². The van der Waals surface area contributed by atoms with Crippen LogP contribution in [0.3, 0.4) is 0 Å². The molecule has 8 heteroatoms. The number of nitrogens with zero attached hydrogens (tertiary/aromatic N) is 2. The van der Waals surface area contributed by atoms with Crippen molar-refractivity contribution in [3.63, 3.8) is 0 Å². The summed E-state index contributed by atoms with van der Waals surface area (Å²) in [6.07, 6.45) is 1.38. The number of aryl methyl sites for hydroxylation is 1. The molecule has 0 unspecified atom stereocenters. The van der Waals surface area contributed by atoms with Crippen LogP contribution in [-0.2, 0) is 11.3 Å². The molecule has 0 radical (unpaired) electrons. The van der Waals surface area contributed by atoms with Gasteiger partial charge in [0.15, 0.2) is 0 Å². The molecule has 4 rings (SSSR count). The second-order valence-electron chi connectivity index (χ2n) is 7.41. The topological polar surface area (TPSA) is 90.3 Å². The van der Waals surface area contributed by atoms with E-state index in [4.69, 9.17) is 16.3 Å². The normalized spacial score (nSPS) is 10.8. The molecular formula is C25H20ClN3O4. The number of aromatic nitrogens is 2. The van der Waals surface area contributed by atoms with Crippen LogP contribution in [0, 0.1) is 6.92 Å². The molecule has 0 fully saturated rings. The summed E-state index contributed by atoms with van der Waals surface area (Å²) in [5.74, 6) is -0.482. The van der Waals surface area contributed by atoms with Crippen LogP contribution in [0.15, 0.2) is 71.7 Å². The van der Waals surface area contributed by atoms with Gasteiger partial charge in [-0.25, -0.2) is 4.98 Å². The Morgan fingerprint density at radius 1 is 1.03 bits per heavy atom. The van der Waals surface area contributed by atoms with Crippen molar-refractivity contribution in [2.24, 2.45) is 0 Å². The highest BCUT2D eigenvalue weighted by Gasteiger charge is 2.21. The largest absolute Gasteiger partial charge is 0.496 e. The molecule has 1 N–H and O–H groups in total. The number of para-hydroxylation sites is 1. The Balaban J connectivity index is 1.78. The van der Waals surface area contributed by atoms with Crippen molar-refractivity contribution in [3.8, 4) is 5.75 Å². The quantitative estimate of drug-likeness (QED) is 0.434. The number of hydrogen-bond donors (Lipinski definition) is 1. The lowest BCUT2D eigenvalue weighted by Gasteiger charge is -2.14. The molecule has 33 heavy (non-hydrogen) atoms. The Hall–Kier alpha value is -3.97. The Bertz CT molecular complexity index is 1430. The summed E-state index contributed by atoms with van der Waals surface area (Å²) in [4.78, 5) is 43.7. The number of rotatable bonds is 6. The standard InChI is InChI=1S/C25H20ClN3O4/c1-15-7-12-19-24(32)20(23(31)18-5-3-4-6-21(18)33-2)13-29(25(19)27-15)14-22(30)28-17-10-8-16(26)9-11-17/h3-13H,14H2,1-2H3,(H,28,30). The highest BCUT2D eigenvalue weighted by atomic mass is 35.5. The molecule has 0 bridgehead atoms.